The maximum atomic E-state index is 11.4. The fourth-order valence-corrected chi connectivity index (χ4v) is 1.77. The van der Waals surface area contributed by atoms with E-state index in [4.69, 9.17) is 0 Å². The van der Waals surface area contributed by atoms with Gasteiger partial charge in [0.25, 0.3) is 0 Å². The Kier molecular flexibility index (Phi) is 3.14. The second kappa shape index (κ2) is 4.74. The highest BCUT2D eigenvalue weighted by Gasteiger charge is 2.19. The molecule has 1 aliphatic rings. The van der Waals surface area contributed by atoms with Gasteiger partial charge in [-0.15, -0.1) is 0 Å². The van der Waals surface area contributed by atoms with Gasteiger partial charge in [-0.1, -0.05) is 6.58 Å². The van der Waals surface area contributed by atoms with E-state index in [0.717, 1.165) is 31.9 Å². The van der Waals surface area contributed by atoms with Gasteiger partial charge in [-0.3, -0.25) is 4.79 Å². The fraction of sp³-hybridized carbons (Fsp3) is 0.364. The Labute approximate surface area is 94.4 Å². The SMILES string of the molecule is C=CC(=O)N1CCN(c2cncnc2)CC1. The zero-order valence-electron chi connectivity index (χ0n) is 9.04. The standard InChI is InChI=1S/C11H14N4O/c1-2-11(16)15-5-3-14(4-6-15)10-7-12-9-13-8-10/h2,7-9H,1,3-6H2. The Balaban J connectivity index is 1.95. The molecule has 0 bridgehead atoms. The van der Waals surface area contributed by atoms with Crippen molar-refractivity contribution < 1.29 is 4.79 Å². The number of aromatic nitrogens is 2. The summed E-state index contributed by atoms with van der Waals surface area (Å²) in [5, 5.41) is 0. The lowest BCUT2D eigenvalue weighted by Crippen LogP contribution is -2.48. The largest absolute Gasteiger partial charge is 0.365 e. The number of piperazine rings is 1. The third-order valence-corrected chi connectivity index (χ3v) is 2.68. The summed E-state index contributed by atoms with van der Waals surface area (Å²) in [5.74, 6) is 0.00367. The van der Waals surface area contributed by atoms with E-state index in [9.17, 15) is 4.79 Å². The lowest BCUT2D eigenvalue weighted by Gasteiger charge is -2.35. The van der Waals surface area contributed by atoms with Crippen molar-refractivity contribution in [2.75, 3.05) is 31.1 Å². The summed E-state index contributed by atoms with van der Waals surface area (Å²) in [5.41, 5.74) is 1.01. The van der Waals surface area contributed by atoms with E-state index < -0.39 is 0 Å². The van der Waals surface area contributed by atoms with E-state index in [1.165, 1.54) is 12.4 Å². The number of carbonyl (C=O) groups excluding carboxylic acids is 1. The van der Waals surface area contributed by atoms with Crippen LogP contribution in [0.5, 0.6) is 0 Å². The van der Waals surface area contributed by atoms with E-state index in [2.05, 4.69) is 21.4 Å². The molecular formula is C11H14N4O. The summed E-state index contributed by atoms with van der Waals surface area (Å²) >= 11 is 0. The van der Waals surface area contributed by atoms with Gasteiger partial charge in [0.15, 0.2) is 0 Å². The average molecular weight is 218 g/mol. The highest BCUT2D eigenvalue weighted by molar-refractivity contribution is 5.87. The van der Waals surface area contributed by atoms with Crippen molar-refractivity contribution in [3.8, 4) is 0 Å². The number of nitrogens with zero attached hydrogens (tertiary/aromatic N) is 4. The first-order valence-electron chi connectivity index (χ1n) is 5.22. The van der Waals surface area contributed by atoms with Crippen molar-refractivity contribution in [1.29, 1.82) is 0 Å². The predicted octanol–water partition coefficient (Wildman–Crippen LogP) is 0.311. The smallest absolute Gasteiger partial charge is 0.246 e. The van der Waals surface area contributed by atoms with Crippen molar-refractivity contribution >= 4 is 11.6 Å². The second-order valence-corrected chi connectivity index (χ2v) is 3.61. The highest BCUT2D eigenvalue weighted by Crippen LogP contribution is 2.13. The van der Waals surface area contributed by atoms with E-state index in [1.807, 2.05) is 0 Å². The monoisotopic (exact) mass is 218 g/mol. The highest BCUT2D eigenvalue weighted by atomic mass is 16.2. The summed E-state index contributed by atoms with van der Waals surface area (Å²) in [6, 6.07) is 0. The maximum absolute atomic E-state index is 11.4. The molecule has 1 aliphatic heterocycles. The molecule has 1 aromatic rings. The quantitative estimate of drug-likeness (QED) is 0.670. The normalized spacial score (nSPS) is 16.0. The topological polar surface area (TPSA) is 49.3 Å². The third-order valence-electron chi connectivity index (χ3n) is 2.68. The van der Waals surface area contributed by atoms with E-state index >= 15 is 0 Å². The van der Waals surface area contributed by atoms with Crippen LogP contribution in [0.3, 0.4) is 0 Å². The summed E-state index contributed by atoms with van der Waals surface area (Å²) < 4.78 is 0. The number of hydrogen-bond acceptors (Lipinski definition) is 4. The van der Waals surface area contributed by atoms with Crippen LogP contribution in [0.1, 0.15) is 0 Å². The molecule has 1 amide bonds. The number of anilines is 1. The Morgan fingerprint density at radius 1 is 1.25 bits per heavy atom. The van der Waals surface area contributed by atoms with Crippen molar-refractivity contribution in [1.82, 2.24) is 14.9 Å². The second-order valence-electron chi connectivity index (χ2n) is 3.61. The molecular weight excluding hydrogens is 204 g/mol. The molecule has 16 heavy (non-hydrogen) atoms. The fourth-order valence-electron chi connectivity index (χ4n) is 1.77. The summed E-state index contributed by atoms with van der Waals surface area (Å²) in [4.78, 5) is 23.3. The molecule has 84 valence electrons. The zero-order chi connectivity index (χ0) is 11.4. The predicted molar refractivity (Wildman–Crippen MR) is 61.0 cm³/mol. The maximum Gasteiger partial charge on any atom is 0.246 e. The molecule has 0 unspecified atom stereocenters. The molecule has 0 radical (unpaired) electrons. The van der Waals surface area contributed by atoms with Gasteiger partial charge in [0.05, 0.1) is 18.1 Å². The molecule has 0 saturated carbocycles. The minimum Gasteiger partial charge on any atom is -0.365 e. The summed E-state index contributed by atoms with van der Waals surface area (Å²) in [6.07, 6.45) is 6.46. The van der Waals surface area contributed by atoms with E-state index in [0.29, 0.717) is 0 Å². The van der Waals surface area contributed by atoms with Crippen LogP contribution in [0.25, 0.3) is 0 Å². The van der Waals surface area contributed by atoms with E-state index in [1.54, 1.807) is 17.3 Å². The molecule has 0 N–H and O–H groups in total. The van der Waals surface area contributed by atoms with Crippen molar-refractivity contribution in [3.05, 3.63) is 31.4 Å². The van der Waals surface area contributed by atoms with Crippen LogP contribution >= 0.6 is 0 Å². The number of carbonyl (C=O) groups is 1. The Morgan fingerprint density at radius 3 is 2.44 bits per heavy atom. The molecule has 5 heteroatoms. The molecule has 0 atom stereocenters. The molecule has 0 aliphatic carbocycles. The van der Waals surface area contributed by atoms with Crippen LogP contribution < -0.4 is 4.90 Å². The van der Waals surface area contributed by atoms with Crippen LogP contribution in [0.15, 0.2) is 31.4 Å². The number of rotatable bonds is 2. The lowest BCUT2D eigenvalue weighted by molar-refractivity contribution is -0.126. The summed E-state index contributed by atoms with van der Waals surface area (Å²) in [6.45, 7) is 6.56. The van der Waals surface area contributed by atoms with Crippen LogP contribution in [0, 0.1) is 0 Å². The van der Waals surface area contributed by atoms with Gasteiger partial charge in [0.2, 0.25) is 5.91 Å². The minimum absolute atomic E-state index is 0.00367. The molecule has 2 heterocycles. The minimum atomic E-state index is 0.00367. The van der Waals surface area contributed by atoms with Gasteiger partial charge in [0.1, 0.15) is 6.33 Å². The Hall–Kier alpha value is -1.91. The molecule has 0 spiro atoms. The van der Waals surface area contributed by atoms with Gasteiger partial charge in [0, 0.05) is 26.2 Å². The molecule has 1 saturated heterocycles. The van der Waals surface area contributed by atoms with Gasteiger partial charge >= 0.3 is 0 Å². The van der Waals surface area contributed by atoms with Crippen molar-refractivity contribution in [3.63, 3.8) is 0 Å². The summed E-state index contributed by atoms with van der Waals surface area (Å²) in [7, 11) is 0. The Bertz CT molecular complexity index is 371. The van der Waals surface area contributed by atoms with Crippen molar-refractivity contribution in [2.24, 2.45) is 0 Å². The van der Waals surface area contributed by atoms with Gasteiger partial charge in [-0.2, -0.15) is 0 Å². The van der Waals surface area contributed by atoms with Crippen LogP contribution in [-0.2, 0) is 4.79 Å². The van der Waals surface area contributed by atoms with Gasteiger partial charge in [-0.05, 0) is 6.08 Å². The first kappa shape index (κ1) is 10.6. The van der Waals surface area contributed by atoms with Crippen LogP contribution in [0.2, 0.25) is 0 Å². The van der Waals surface area contributed by atoms with Gasteiger partial charge in [-0.25, -0.2) is 9.97 Å². The lowest BCUT2D eigenvalue weighted by atomic mass is 10.3. The molecule has 0 aromatic carbocycles. The first-order chi connectivity index (χ1) is 7.81. The average Bonchev–Trinajstić information content (AvgIpc) is 2.39. The first-order valence-corrected chi connectivity index (χ1v) is 5.22. The van der Waals surface area contributed by atoms with Gasteiger partial charge < -0.3 is 9.80 Å². The van der Waals surface area contributed by atoms with Crippen molar-refractivity contribution in [2.45, 2.75) is 0 Å². The molecule has 1 aromatic heterocycles. The van der Waals surface area contributed by atoms with E-state index in [-0.39, 0.29) is 5.91 Å². The molecule has 5 nitrogen and oxygen atoms in total. The molecule has 1 fully saturated rings. The zero-order valence-corrected chi connectivity index (χ0v) is 9.04. The number of amides is 1. The Morgan fingerprint density at radius 2 is 1.88 bits per heavy atom. The molecule has 2 rings (SSSR count). The van der Waals surface area contributed by atoms with Crippen LogP contribution in [0.4, 0.5) is 5.69 Å². The number of hydrogen-bond donors (Lipinski definition) is 0. The van der Waals surface area contributed by atoms with Crippen LogP contribution in [-0.4, -0.2) is 47.0 Å². The third kappa shape index (κ3) is 2.18.